The van der Waals surface area contributed by atoms with Crippen molar-refractivity contribution >= 4 is 6.03 Å². The maximum Gasteiger partial charge on any atom is 0.320 e. The van der Waals surface area contributed by atoms with E-state index in [4.69, 9.17) is 14.7 Å². The van der Waals surface area contributed by atoms with Crippen LogP contribution in [0.3, 0.4) is 0 Å². The molecule has 0 aliphatic carbocycles. The van der Waals surface area contributed by atoms with Crippen molar-refractivity contribution in [3.8, 4) is 11.9 Å². The molecular formula is C15H19N5O3. The Morgan fingerprint density at radius 1 is 1.26 bits per heavy atom. The van der Waals surface area contributed by atoms with Crippen LogP contribution in [0.15, 0.2) is 12.4 Å². The molecule has 1 atom stereocenters. The van der Waals surface area contributed by atoms with E-state index in [1.54, 1.807) is 0 Å². The average molecular weight is 317 g/mol. The summed E-state index contributed by atoms with van der Waals surface area (Å²) in [5, 5.41) is 9.04. The van der Waals surface area contributed by atoms with Gasteiger partial charge in [-0.1, -0.05) is 0 Å². The number of carbonyl (C=O) groups excluding carboxylic acids is 1. The summed E-state index contributed by atoms with van der Waals surface area (Å²) in [5.41, 5.74) is 0.170. The number of aromatic nitrogens is 2. The molecule has 0 bridgehead atoms. The number of rotatable bonds is 2. The Balaban J connectivity index is 1.62. The highest BCUT2D eigenvalue weighted by Gasteiger charge is 2.29. The second-order valence-corrected chi connectivity index (χ2v) is 5.53. The molecule has 1 aromatic rings. The maximum atomic E-state index is 12.5. The normalized spacial score (nSPS) is 21.6. The maximum absolute atomic E-state index is 12.5. The molecule has 2 fully saturated rings. The SMILES string of the molecule is N#Cc1nccnc1OC1CCCN(C(=O)N2CCOCC2)C1. The van der Waals surface area contributed by atoms with E-state index in [2.05, 4.69) is 9.97 Å². The number of urea groups is 1. The fraction of sp³-hybridized carbons (Fsp3) is 0.600. The van der Waals surface area contributed by atoms with Crippen LogP contribution in [-0.2, 0) is 4.74 Å². The summed E-state index contributed by atoms with van der Waals surface area (Å²) in [5.74, 6) is 0.237. The summed E-state index contributed by atoms with van der Waals surface area (Å²) in [7, 11) is 0. The van der Waals surface area contributed by atoms with Gasteiger partial charge in [-0.15, -0.1) is 0 Å². The molecule has 1 unspecified atom stereocenters. The Labute approximate surface area is 134 Å². The molecule has 0 N–H and O–H groups in total. The zero-order chi connectivity index (χ0) is 16.1. The second kappa shape index (κ2) is 7.24. The van der Waals surface area contributed by atoms with Crippen LogP contribution in [0.1, 0.15) is 18.5 Å². The Morgan fingerprint density at radius 2 is 2.04 bits per heavy atom. The van der Waals surface area contributed by atoms with E-state index in [0.29, 0.717) is 32.8 Å². The standard InChI is InChI=1S/C15H19N5O3/c16-10-13-14(18-4-3-17-13)23-12-2-1-5-20(11-12)15(21)19-6-8-22-9-7-19/h3-4,12H,1-2,5-9,11H2. The smallest absolute Gasteiger partial charge is 0.320 e. The number of nitrogens with zero attached hydrogens (tertiary/aromatic N) is 5. The summed E-state index contributed by atoms with van der Waals surface area (Å²) in [6, 6.07) is 2.00. The fourth-order valence-electron chi connectivity index (χ4n) is 2.81. The quantitative estimate of drug-likeness (QED) is 0.795. The lowest BCUT2D eigenvalue weighted by atomic mass is 10.1. The monoisotopic (exact) mass is 317 g/mol. The lowest BCUT2D eigenvalue weighted by Gasteiger charge is -2.37. The zero-order valence-corrected chi connectivity index (χ0v) is 12.8. The number of ether oxygens (including phenoxy) is 2. The van der Waals surface area contributed by atoms with Crippen molar-refractivity contribution < 1.29 is 14.3 Å². The summed E-state index contributed by atoms with van der Waals surface area (Å²) in [4.78, 5) is 24.2. The lowest BCUT2D eigenvalue weighted by Crippen LogP contribution is -2.52. The molecule has 8 nitrogen and oxygen atoms in total. The highest BCUT2D eigenvalue weighted by molar-refractivity contribution is 5.74. The summed E-state index contributed by atoms with van der Waals surface area (Å²) >= 11 is 0. The number of hydrogen-bond acceptors (Lipinski definition) is 6. The van der Waals surface area contributed by atoms with Crippen LogP contribution in [0.5, 0.6) is 5.88 Å². The number of morpholine rings is 1. The van der Waals surface area contributed by atoms with Gasteiger partial charge >= 0.3 is 6.03 Å². The van der Waals surface area contributed by atoms with Crippen LogP contribution in [0.4, 0.5) is 4.79 Å². The largest absolute Gasteiger partial charge is 0.470 e. The van der Waals surface area contributed by atoms with Gasteiger partial charge in [0.2, 0.25) is 5.69 Å². The van der Waals surface area contributed by atoms with E-state index in [1.807, 2.05) is 15.9 Å². The molecule has 0 radical (unpaired) electrons. The van der Waals surface area contributed by atoms with Crippen molar-refractivity contribution in [3.63, 3.8) is 0 Å². The van der Waals surface area contributed by atoms with Crippen LogP contribution in [-0.4, -0.2) is 71.3 Å². The van der Waals surface area contributed by atoms with Crippen molar-refractivity contribution in [2.45, 2.75) is 18.9 Å². The molecule has 3 heterocycles. The topological polar surface area (TPSA) is 91.6 Å². The first-order chi connectivity index (χ1) is 11.3. The molecule has 2 amide bonds. The predicted molar refractivity (Wildman–Crippen MR) is 79.8 cm³/mol. The van der Waals surface area contributed by atoms with Crippen LogP contribution >= 0.6 is 0 Å². The van der Waals surface area contributed by atoms with Gasteiger partial charge in [0.15, 0.2) is 0 Å². The Hall–Kier alpha value is -2.40. The molecule has 0 saturated carbocycles. The van der Waals surface area contributed by atoms with Crippen molar-refractivity contribution in [1.82, 2.24) is 19.8 Å². The number of amides is 2. The van der Waals surface area contributed by atoms with Gasteiger partial charge in [-0.25, -0.2) is 14.8 Å². The molecule has 0 spiro atoms. The first-order valence-corrected chi connectivity index (χ1v) is 7.77. The van der Waals surface area contributed by atoms with E-state index in [-0.39, 0.29) is 23.7 Å². The van der Waals surface area contributed by atoms with Gasteiger partial charge in [0.05, 0.1) is 19.8 Å². The van der Waals surface area contributed by atoms with Crippen molar-refractivity contribution in [1.29, 1.82) is 5.26 Å². The van der Waals surface area contributed by atoms with Crippen LogP contribution < -0.4 is 4.74 Å². The molecule has 2 aliphatic heterocycles. The van der Waals surface area contributed by atoms with Crippen molar-refractivity contribution in [2.75, 3.05) is 39.4 Å². The lowest BCUT2D eigenvalue weighted by molar-refractivity contribution is 0.0325. The minimum absolute atomic E-state index is 0.0289. The molecule has 8 heteroatoms. The number of piperidine rings is 1. The first-order valence-electron chi connectivity index (χ1n) is 7.77. The summed E-state index contributed by atoms with van der Waals surface area (Å²) in [6.45, 7) is 3.65. The molecule has 23 heavy (non-hydrogen) atoms. The second-order valence-electron chi connectivity index (χ2n) is 5.53. The van der Waals surface area contributed by atoms with Gasteiger partial charge in [0.25, 0.3) is 5.88 Å². The van der Waals surface area contributed by atoms with Gasteiger partial charge in [0.1, 0.15) is 12.2 Å². The third-order valence-corrected chi connectivity index (χ3v) is 3.98. The molecule has 122 valence electrons. The molecule has 2 saturated heterocycles. The van der Waals surface area contributed by atoms with Gasteiger partial charge in [-0.2, -0.15) is 5.26 Å². The average Bonchev–Trinajstić information content (AvgIpc) is 2.62. The third kappa shape index (κ3) is 3.68. The molecular weight excluding hydrogens is 298 g/mol. The molecule has 1 aromatic heterocycles. The minimum Gasteiger partial charge on any atom is -0.470 e. The summed E-state index contributed by atoms with van der Waals surface area (Å²) < 4.78 is 11.1. The van der Waals surface area contributed by atoms with Crippen molar-refractivity contribution in [2.24, 2.45) is 0 Å². The van der Waals surface area contributed by atoms with Crippen LogP contribution in [0.25, 0.3) is 0 Å². The minimum atomic E-state index is -0.169. The zero-order valence-electron chi connectivity index (χ0n) is 12.8. The van der Waals surface area contributed by atoms with Gasteiger partial charge in [-0.05, 0) is 12.8 Å². The van der Waals surface area contributed by atoms with E-state index >= 15 is 0 Å². The number of hydrogen-bond donors (Lipinski definition) is 0. The number of nitriles is 1. The Kier molecular flexibility index (Phi) is 4.88. The number of likely N-dealkylation sites (tertiary alicyclic amines) is 1. The van der Waals surface area contributed by atoms with Gasteiger partial charge in [-0.3, -0.25) is 0 Å². The van der Waals surface area contributed by atoms with Gasteiger partial charge < -0.3 is 19.3 Å². The molecule has 0 aromatic carbocycles. The Bertz CT molecular complexity index is 597. The van der Waals surface area contributed by atoms with E-state index in [1.165, 1.54) is 12.4 Å². The summed E-state index contributed by atoms with van der Waals surface area (Å²) in [6.07, 6.45) is 4.48. The van der Waals surface area contributed by atoms with E-state index in [9.17, 15) is 4.79 Å². The van der Waals surface area contributed by atoms with Crippen LogP contribution in [0, 0.1) is 11.3 Å². The highest BCUT2D eigenvalue weighted by atomic mass is 16.5. The number of carbonyl (C=O) groups is 1. The van der Waals surface area contributed by atoms with E-state index in [0.717, 1.165) is 19.4 Å². The molecule has 2 aliphatic rings. The molecule has 3 rings (SSSR count). The van der Waals surface area contributed by atoms with Crippen LogP contribution in [0.2, 0.25) is 0 Å². The third-order valence-electron chi connectivity index (χ3n) is 3.98. The Morgan fingerprint density at radius 3 is 2.83 bits per heavy atom. The fourth-order valence-corrected chi connectivity index (χ4v) is 2.81. The van der Waals surface area contributed by atoms with Gasteiger partial charge in [0, 0.05) is 32.0 Å². The first kappa shape index (κ1) is 15.5. The van der Waals surface area contributed by atoms with Crippen molar-refractivity contribution in [3.05, 3.63) is 18.1 Å². The van der Waals surface area contributed by atoms with E-state index < -0.39 is 0 Å². The highest BCUT2D eigenvalue weighted by Crippen LogP contribution is 2.19. The predicted octanol–water partition coefficient (Wildman–Crippen LogP) is 0.644.